The molecule has 0 aromatic heterocycles. The Morgan fingerprint density at radius 1 is 1.22 bits per heavy atom. The van der Waals surface area contributed by atoms with Crippen molar-refractivity contribution in [1.82, 2.24) is 9.80 Å². The first-order valence-corrected chi connectivity index (χ1v) is 6.52. The molecule has 1 fully saturated rings. The Morgan fingerprint density at radius 3 is 2.17 bits per heavy atom. The Morgan fingerprint density at radius 2 is 1.72 bits per heavy atom. The summed E-state index contributed by atoms with van der Waals surface area (Å²) in [5, 5.41) is 8.95. The maximum absolute atomic E-state index is 12.2. The standard InChI is InChI=1S/C13H24N2O3/c1-9(10(2)13(17)18)12(16)15(4)11-5-7-14(3)8-6-11/h9-11H,5-8H2,1-4H3,(H,17,18). The average molecular weight is 256 g/mol. The van der Waals surface area contributed by atoms with Gasteiger partial charge in [-0.05, 0) is 33.0 Å². The van der Waals surface area contributed by atoms with Gasteiger partial charge < -0.3 is 14.9 Å². The highest BCUT2D eigenvalue weighted by molar-refractivity contribution is 5.84. The lowest BCUT2D eigenvalue weighted by Crippen LogP contribution is -2.47. The van der Waals surface area contributed by atoms with Crippen LogP contribution in [0.3, 0.4) is 0 Å². The molecule has 2 unspecified atom stereocenters. The van der Waals surface area contributed by atoms with E-state index in [0.29, 0.717) is 0 Å². The molecule has 0 aromatic carbocycles. The number of piperidine rings is 1. The van der Waals surface area contributed by atoms with Gasteiger partial charge in [0.15, 0.2) is 0 Å². The van der Waals surface area contributed by atoms with Crippen LogP contribution in [-0.2, 0) is 9.59 Å². The van der Waals surface area contributed by atoms with Crippen LogP contribution >= 0.6 is 0 Å². The highest BCUT2D eigenvalue weighted by Crippen LogP contribution is 2.20. The molecule has 1 aliphatic heterocycles. The summed E-state index contributed by atoms with van der Waals surface area (Å²) >= 11 is 0. The number of carboxylic acids is 1. The van der Waals surface area contributed by atoms with Crippen molar-refractivity contribution in [2.45, 2.75) is 32.7 Å². The van der Waals surface area contributed by atoms with Crippen molar-refractivity contribution in [3.63, 3.8) is 0 Å². The minimum absolute atomic E-state index is 0.0561. The van der Waals surface area contributed by atoms with Gasteiger partial charge in [-0.3, -0.25) is 9.59 Å². The van der Waals surface area contributed by atoms with E-state index in [9.17, 15) is 9.59 Å². The Hall–Kier alpha value is -1.10. The summed E-state index contributed by atoms with van der Waals surface area (Å²) in [6.07, 6.45) is 1.93. The molecular formula is C13H24N2O3. The van der Waals surface area contributed by atoms with Crippen LogP contribution in [0, 0.1) is 11.8 Å². The molecule has 1 rings (SSSR count). The van der Waals surface area contributed by atoms with Crippen LogP contribution in [0.25, 0.3) is 0 Å². The lowest BCUT2D eigenvalue weighted by molar-refractivity contribution is -0.149. The normalized spacial score (nSPS) is 21.3. The number of nitrogens with zero attached hydrogens (tertiary/aromatic N) is 2. The second-order valence-electron chi connectivity index (χ2n) is 5.40. The predicted octanol–water partition coefficient (Wildman–Crippen LogP) is 0.896. The largest absolute Gasteiger partial charge is 0.481 e. The zero-order valence-corrected chi connectivity index (χ0v) is 11.7. The van der Waals surface area contributed by atoms with Crippen LogP contribution < -0.4 is 0 Å². The third-order valence-corrected chi connectivity index (χ3v) is 4.11. The Labute approximate surface area is 109 Å². The van der Waals surface area contributed by atoms with Crippen LogP contribution in [-0.4, -0.2) is 60.0 Å². The van der Waals surface area contributed by atoms with E-state index in [-0.39, 0.29) is 11.9 Å². The fourth-order valence-corrected chi connectivity index (χ4v) is 2.31. The molecule has 5 heteroatoms. The Balaban J connectivity index is 2.58. The molecule has 2 atom stereocenters. The Bertz CT molecular complexity index is 311. The number of rotatable bonds is 4. The van der Waals surface area contributed by atoms with Gasteiger partial charge in [0.25, 0.3) is 0 Å². The van der Waals surface area contributed by atoms with E-state index in [1.807, 2.05) is 0 Å². The summed E-state index contributed by atoms with van der Waals surface area (Å²) < 4.78 is 0. The highest BCUT2D eigenvalue weighted by atomic mass is 16.4. The lowest BCUT2D eigenvalue weighted by atomic mass is 9.93. The maximum Gasteiger partial charge on any atom is 0.307 e. The van der Waals surface area contributed by atoms with E-state index < -0.39 is 17.8 Å². The van der Waals surface area contributed by atoms with E-state index in [1.165, 1.54) is 0 Å². The molecule has 1 heterocycles. The molecule has 1 aliphatic rings. The van der Waals surface area contributed by atoms with Gasteiger partial charge in [0, 0.05) is 19.0 Å². The molecule has 0 saturated carbocycles. The smallest absolute Gasteiger partial charge is 0.307 e. The average Bonchev–Trinajstić information content (AvgIpc) is 2.36. The number of carboxylic acid groups (broad SMARTS) is 1. The molecule has 18 heavy (non-hydrogen) atoms. The molecule has 0 radical (unpaired) electrons. The van der Waals surface area contributed by atoms with E-state index >= 15 is 0 Å². The molecular weight excluding hydrogens is 232 g/mol. The number of hydrogen-bond donors (Lipinski definition) is 1. The minimum Gasteiger partial charge on any atom is -0.481 e. The van der Waals surface area contributed by atoms with Crippen molar-refractivity contribution in [1.29, 1.82) is 0 Å². The van der Waals surface area contributed by atoms with Crippen LogP contribution in [0.4, 0.5) is 0 Å². The van der Waals surface area contributed by atoms with E-state index in [4.69, 9.17) is 5.11 Å². The molecule has 0 bridgehead atoms. The molecule has 1 saturated heterocycles. The fraction of sp³-hybridized carbons (Fsp3) is 0.846. The van der Waals surface area contributed by atoms with Crippen LogP contribution in [0.2, 0.25) is 0 Å². The van der Waals surface area contributed by atoms with Crippen molar-refractivity contribution in [2.24, 2.45) is 11.8 Å². The molecule has 1 N–H and O–H groups in total. The second kappa shape index (κ2) is 6.18. The molecule has 104 valence electrons. The van der Waals surface area contributed by atoms with Gasteiger partial charge in [-0.1, -0.05) is 13.8 Å². The van der Waals surface area contributed by atoms with Gasteiger partial charge >= 0.3 is 5.97 Å². The molecule has 5 nitrogen and oxygen atoms in total. The molecule has 1 amide bonds. The van der Waals surface area contributed by atoms with Gasteiger partial charge in [-0.2, -0.15) is 0 Å². The summed E-state index contributed by atoms with van der Waals surface area (Å²) in [5.41, 5.74) is 0. The van der Waals surface area contributed by atoms with Gasteiger partial charge in [0.1, 0.15) is 0 Å². The number of carbonyl (C=O) groups is 2. The molecule has 0 aliphatic carbocycles. The minimum atomic E-state index is -0.910. The van der Waals surface area contributed by atoms with E-state index in [2.05, 4.69) is 11.9 Å². The van der Waals surface area contributed by atoms with Crippen molar-refractivity contribution >= 4 is 11.9 Å². The quantitative estimate of drug-likeness (QED) is 0.811. The van der Waals surface area contributed by atoms with E-state index in [0.717, 1.165) is 25.9 Å². The van der Waals surface area contributed by atoms with Crippen molar-refractivity contribution in [3.8, 4) is 0 Å². The van der Waals surface area contributed by atoms with Crippen LogP contribution in [0.1, 0.15) is 26.7 Å². The topological polar surface area (TPSA) is 60.9 Å². The van der Waals surface area contributed by atoms with Crippen molar-refractivity contribution < 1.29 is 14.7 Å². The molecule has 0 spiro atoms. The highest BCUT2D eigenvalue weighted by Gasteiger charge is 2.31. The van der Waals surface area contributed by atoms with Gasteiger partial charge in [0.05, 0.1) is 5.92 Å². The second-order valence-corrected chi connectivity index (χ2v) is 5.40. The number of aliphatic carboxylic acids is 1. The Kier molecular flexibility index (Phi) is 5.14. The number of carbonyl (C=O) groups excluding carboxylic acids is 1. The summed E-state index contributed by atoms with van der Waals surface area (Å²) in [7, 11) is 3.87. The third kappa shape index (κ3) is 3.45. The van der Waals surface area contributed by atoms with Crippen molar-refractivity contribution in [3.05, 3.63) is 0 Å². The first-order valence-electron chi connectivity index (χ1n) is 6.52. The predicted molar refractivity (Wildman–Crippen MR) is 69.3 cm³/mol. The monoisotopic (exact) mass is 256 g/mol. The van der Waals surface area contributed by atoms with Gasteiger partial charge in [0.2, 0.25) is 5.91 Å². The first kappa shape index (κ1) is 15.0. The SMILES string of the molecule is CC(C(=O)O)C(C)C(=O)N(C)C1CCN(C)CC1. The third-order valence-electron chi connectivity index (χ3n) is 4.11. The van der Waals surface area contributed by atoms with Crippen LogP contribution in [0.5, 0.6) is 0 Å². The number of likely N-dealkylation sites (tertiary alicyclic amines) is 1. The van der Waals surface area contributed by atoms with Crippen LogP contribution in [0.15, 0.2) is 0 Å². The maximum atomic E-state index is 12.2. The summed E-state index contributed by atoms with van der Waals surface area (Å²) in [5.74, 6) is -2.06. The zero-order chi connectivity index (χ0) is 13.9. The number of hydrogen-bond acceptors (Lipinski definition) is 3. The summed E-state index contributed by atoms with van der Waals surface area (Å²) in [6.45, 7) is 5.27. The van der Waals surface area contributed by atoms with Gasteiger partial charge in [-0.25, -0.2) is 0 Å². The first-order chi connectivity index (χ1) is 8.34. The van der Waals surface area contributed by atoms with E-state index in [1.54, 1.807) is 25.8 Å². The zero-order valence-electron chi connectivity index (χ0n) is 11.7. The number of amides is 1. The summed E-state index contributed by atoms with van der Waals surface area (Å²) in [4.78, 5) is 27.1. The molecule has 0 aromatic rings. The van der Waals surface area contributed by atoms with Gasteiger partial charge in [-0.15, -0.1) is 0 Å². The lowest BCUT2D eigenvalue weighted by Gasteiger charge is -2.36. The fourth-order valence-electron chi connectivity index (χ4n) is 2.31. The van der Waals surface area contributed by atoms with Crippen molar-refractivity contribution in [2.75, 3.05) is 27.2 Å². The summed E-state index contributed by atoms with van der Waals surface area (Å²) in [6, 6.07) is 0.247.